The molecule has 2 N–H and O–H groups in total. The molecule has 0 fully saturated rings. The molecule has 0 aliphatic rings. The summed E-state index contributed by atoms with van der Waals surface area (Å²) >= 11 is 0. The monoisotopic (exact) mass is 433 g/mol. The number of unbranched alkanes of at least 4 members (excludes halogenated alkanes) is 1. The largest absolute Gasteiger partial charge is 0.444 e. The van der Waals surface area contributed by atoms with Crippen molar-refractivity contribution in [3.8, 4) is 0 Å². The Bertz CT molecular complexity index is 748. The van der Waals surface area contributed by atoms with Crippen LogP contribution in [-0.4, -0.2) is 47.5 Å². The third-order valence-corrected chi connectivity index (χ3v) is 4.41. The summed E-state index contributed by atoms with van der Waals surface area (Å²) in [6.07, 6.45) is 0.953. The van der Waals surface area contributed by atoms with Crippen molar-refractivity contribution in [1.29, 1.82) is 0 Å². The minimum atomic E-state index is -0.777. The molecule has 0 saturated carbocycles. The van der Waals surface area contributed by atoms with E-state index in [2.05, 4.69) is 10.6 Å². The van der Waals surface area contributed by atoms with Crippen LogP contribution in [0.3, 0.4) is 0 Å². The van der Waals surface area contributed by atoms with Crippen LogP contribution in [0.25, 0.3) is 0 Å². The molecule has 0 heterocycles. The number of benzene rings is 1. The van der Waals surface area contributed by atoms with E-state index in [-0.39, 0.29) is 24.4 Å². The summed E-state index contributed by atoms with van der Waals surface area (Å²) in [5, 5.41) is 5.46. The third kappa shape index (κ3) is 9.40. The SMILES string of the molecule is CCCCN(C(=O)CNC(=O)OC(C)(C)C)C(C(=O)NC(C)C)c1cc(C)cc(C)c1. The second-order valence-electron chi connectivity index (χ2n) is 9.28. The van der Waals surface area contributed by atoms with Crippen molar-refractivity contribution in [2.75, 3.05) is 13.1 Å². The molecule has 0 bridgehead atoms. The molecular formula is C24H39N3O4. The molecule has 0 saturated heterocycles. The van der Waals surface area contributed by atoms with Crippen LogP contribution in [0.4, 0.5) is 4.79 Å². The zero-order valence-electron chi connectivity index (χ0n) is 20.3. The fourth-order valence-corrected chi connectivity index (χ4v) is 3.29. The average Bonchev–Trinajstić information content (AvgIpc) is 2.60. The highest BCUT2D eigenvalue weighted by Gasteiger charge is 2.32. The summed E-state index contributed by atoms with van der Waals surface area (Å²) in [6.45, 7) is 15.2. The molecule has 3 amide bonds. The van der Waals surface area contributed by atoms with Gasteiger partial charge in [-0.2, -0.15) is 0 Å². The number of carbonyl (C=O) groups is 3. The van der Waals surface area contributed by atoms with Crippen molar-refractivity contribution in [3.63, 3.8) is 0 Å². The van der Waals surface area contributed by atoms with Crippen molar-refractivity contribution < 1.29 is 19.1 Å². The maximum atomic E-state index is 13.2. The van der Waals surface area contributed by atoms with E-state index in [0.717, 1.165) is 29.5 Å². The predicted molar refractivity (Wildman–Crippen MR) is 123 cm³/mol. The molecule has 174 valence electrons. The summed E-state index contributed by atoms with van der Waals surface area (Å²) in [6, 6.07) is 5.06. The van der Waals surface area contributed by atoms with E-state index in [1.54, 1.807) is 25.7 Å². The van der Waals surface area contributed by atoms with Gasteiger partial charge in [0.05, 0.1) is 0 Å². The molecule has 0 radical (unpaired) electrons. The zero-order valence-corrected chi connectivity index (χ0v) is 20.3. The first-order valence-corrected chi connectivity index (χ1v) is 11.0. The van der Waals surface area contributed by atoms with E-state index in [1.807, 2.05) is 52.8 Å². The number of ether oxygens (including phenoxy) is 1. The molecule has 31 heavy (non-hydrogen) atoms. The second-order valence-corrected chi connectivity index (χ2v) is 9.28. The smallest absolute Gasteiger partial charge is 0.408 e. The van der Waals surface area contributed by atoms with Crippen molar-refractivity contribution in [2.24, 2.45) is 0 Å². The normalized spacial score (nSPS) is 12.3. The van der Waals surface area contributed by atoms with Crippen LogP contribution in [0.2, 0.25) is 0 Å². The predicted octanol–water partition coefficient (Wildman–Crippen LogP) is 4.02. The highest BCUT2D eigenvalue weighted by Crippen LogP contribution is 2.25. The molecule has 0 aliphatic heterocycles. The number of aryl methyl sites for hydroxylation is 2. The standard InChI is InChI=1S/C24H39N3O4/c1-9-10-11-27(20(28)15-25-23(30)31-24(6,7)8)21(22(29)26-16(2)3)19-13-17(4)12-18(5)14-19/h12-14,16,21H,9-11,15H2,1-8H3,(H,25,30)(H,26,29). The van der Waals surface area contributed by atoms with Crippen LogP contribution >= 0.6 is 0 Å². The number of amides is 3. The van der Waals surface area contributed by atoms with Gasteiger partial charge in [0, 0.05) is 12.6 Å². The van der Waals surface area contributed by atoms with Gasteiger partial charge in [-0.05, 0) is 60.5 Å². The number of nitrogens with zero attached hydrogens (tertiary/aromatic N) is 1. The molecule has 1 unspecified atom stereocenters. The third-order valence-electron chi connectivity index (χ3n) is 4.41. The van der Waals surface area contributed by atoms with Crippen molar-refractivity contribution >= 4 is 17.9 Å². The number of nitrogens with one attached hydrogen (secondary N) is 2. The Kier molecular flexibility index (Phi) is 10.0. The van der Waals surface area contributed by atoms with Gasteiger partial charge in [0.2, 0.25) is 11.8 Å². The van der Waals surface area contributed by atoms with Gasteiger partial charge in [-0.15, -0.1) is 0 Å². The van der Waals surface area contributed by atoms with Gasteiger partial charge in [0.25, 0.3) is 0 Å². The van der Waals surface area contributed by atoms with Crippen LogP contribution < -0.4 is 10.6 Å². The van der Waals surface area contributed by atoms with Crippen molar-refractivity contribution in [1.82, 2.24) is 15.5 Å². The van der Waals surface area contributed by atoms with E-state index in [4.69, 9.17) is 4.74 Å². The maximum absolute atomic E-state index is 13.2. The van der Waals surface area contributed by atoms with Crippen LogP contribution in [-0.2, 0) is 14.3 Å². The van der Waals surface area contributed by atoms with Gasteiger partial charge in [-0.3, -0.25) is 9.59 Å². The van der Waals surface area contributed by atoms with E-state index < -0.39 is 17.7 Å². The number of hydrogen-bond donors (Lipinski definition) is 2. The number of carbonyl (C=O) groups excluding carboxylic acids is 3. The lowest BCUT2D eigenvalue weighted by Gasteiger charge is -2.32. The highest BCUT2D eigenvalue weighted by atomic mass is 16.6. The molecule has 0 spiro atoms. The van der Waals surface area contributed by atoms with Gasteiger partial charge >= 0.3 is 6.09 Å². The molecule has 7 heteroatoms. The Morgan fingerprint density at radius 1 is 1.06 bits per heavy atom. The first kappa shape index (κ1) is 26.5. The minimum absolute atomic E-state index is 0.0658. The van der Waals surface area contributed by atoms with E-state index >= 15 is 0 Å². The Hall–Kier alpha value is -2.57. The van der Waals surface area contributed by atoms with Crippen molar-refractivity contribution in [2.45, 2.75) is 85.9 Å². The Balaban J connectivity index is 3.22. The fourth-order valence-electron chi connectivity index (χ4n) is 3.29. The van der Waals surface area contributed by atoms with Gasteiger partial charge in [-0.1, -0.05) is 42.7 Å². The molecule has 1 aromatic carbocycles. The Morgan fingerprint density at radius 3 is 2.13 bits per heavy atom. The zero-order chi connectivity index (χ0) is 23.8. The average molecular weight is 434 g/mol. The lowest BCUT2D eigenvalue weighted by molar-refractivity contribution is -0.140. The van der Waals surface area contributed by atoms with Crippen LogP contribution in [0, 0.1) is 13.8 Å². The summed E-state index contributed by atoms with van der Waals surface area (Å²) < 4.78 is 5.23. The fraction of sp³-hybridized carbons (Fsp3) is 0.625. The molecule has 7 nitrogen and oxygen atoms in total. The number of rotatable bonds is 9. The lowest BCUT2D eigenvalue weighted by Crippen LogP contribution is -2.49. The first-order valence-electron chi connectivity index (χ1n) is 11.0. The van der Waals surface area contributed by atoms with Gasteiger partial charge in [0.1, 0.15) is 18.2 Å². The summed E-state index contributed by atoms with van der Waals surface area (Å²) in [7, 11) is 0. The van der Waals surface area contributed by atoms with E-state index in [9.17, 15) is 14.4 Å². The van der Waals surface area contributed by atoms with E-state index in [1.165, 1.54) is 0 Å². The van der Waals surface area contributed by atoms with Crippen LogP contribution in [0.1, 0.15) is 77.1 Å². The summed E-state index contributed by atoms with van der Waals surface area (Å²) in [5.74, 6) is -0.566. The van der Waals surface area contributed by atoms with Gasteiger partial charge in [-0.25, -0.2) is 4.79 Å². The quantitative estimate of drug-likeness (QED) is 0.616. The lowest BCUT2D eigenvalue weighted by atomic mass is 9.98. The van der Waals surface area contributed by atoms with Crippen LogP contribution in [0.15, 0.2) is 18.2 Å². The maximum Gasteiger partial charge on any atom is 0.408 e. The minimum Gasteiger partial charge on any atom is -0.444 e. The molecule has 0 aromatic heterocycles. The molecule has 1 rings (SSSR count). The highest BCUT2D eigenvalue weighted by molar-refractivity contribution is 5.90. The number of hydrogen-bond acceptors (Lipinski definition) is 4. The van der Waals surface area contributed by atoms with Gasteiger partial charge < -0.3 is 20.3 Å². The topological polar surface area (TPSA) is 87.7 Å². The molecular weight excluding hydrogens is 394 g/mol. The molecule has 1 atom stereocenters. The summed E-state index contributed by atoms with van der Waals surface area (Å²) in [4.78, 5) is 40.0. The Labute approximate surface area is 186 Å². The molecule has 1 aromatic rings. The summed E-state index contributed by atoms with van der Waals surface area (Å²) in [5.41, 5.74) is 2.14. The first-order chi connectivity index (χ1) is 14.3. The Morgan fingerprint density at radius 2 is 1.65 bits per heavy atom. The van der Waals surface area contributed by atoms with Crippen molar-refractivity contribution in [3.05, 3.63) is 34.9 Å². The van der Waals surface area contributed by atoms with E-state index in [0.29, 0.717) is 6.54 Å². The second kappa shape index (κ2) is 11.7. The number of alkyl carbamates (subject to hydrolysis) is 1. The van der Waals surface area contributed by atoms with Crippen LogP contribution in [0.5, 0.6) is 0 Å². The molecule has 0 aliphatic carbocycles. The van der Waals surface area contributed by atoms with Gasteiger partial charge in [0.15, 0.2) is 0 Å².